The molecule has 0 atom stereocenters. The maximum Gasteiger partial charge on any atom is 0.257 e. The molecule has 1 fully saturated rings. The molecule has 6 nitrogen and oxygen atoms in total. The molecule has 0 bridgehead atoms. The summed E-state index contributed by atoms with van der Waals surface area (Å²) in [6.07, 6.45) is 0. The minimum atomic E-state index is -0.0413. The predicted octanol–water partition coefficient (Wildman–Crippen LogP) is 2.67. The standard InChI is InChI=1S/C20H24N2O4/c1-24-17-9-5-4-8-16(17)21-11-13-22(14-12-21)20(23)15-7-6-10-18(25-2)19(15)26-3/h4-10H,11-14H2,1-3H3. The van der Waals surface area contributed by atoms with Gasteiger partial charge in [-0.05, 0) is 24.3 Å². The molecule has 3 rings (SSSR count). The molecule has 0 radical (unpaired) electrons. The summed E-state index contributed by atoms with van der Waals surface area (Å²) >= 11 is 0. The zero-order valence-electron chi connectivity index (χ0n) is 15.4. The van der Waals surface area contributed by atoms with Gasteiger partial charge >= 0.3 is 0 Å². The van der Waals surface area contributed by atoms with Crippen LogP contribution in [-0.2, 0) is 0 Å². The average molecular weight is 356 g/mol. The van der Waals surface area contributed by atoms with Gasteiger partial charge in [-0.2, -0.15) is 0 Å². The molecule has 0 unspecified atom stereocenters. The summed E-state index contributed by atoms with van der Waals surface area (Å²) in [5, 5.41) is 0. The van der Waals surface area contributed by atoms with E-state index in [9.17, 15) is 4.79 Å². The van der Waals surface area contributed by atoms with Gasteiger partial charge in [0.2, 0.25) is 0 Å². The molecule has 0 saturated carbocycles. The van der Waals surface area contributed by atoms with E-state index < -0.39 is 0 Å². The first kappa shape index (κ1) is 17.9. The number of rotatable bonds is 5. The van der Waals surface area contributed by atoms with Crippen LogP contribution in [0.15, 0.2) is 42.5 Å². The highest BCUT2D eigenvalue weighted by Gasteiger charge is 2.26. The van der Waals surface area contributed by atoms with Crippen LogP contribution in [0.2, 0.25) is 0 Å². The van der Waals surface area contributed by atoms with Crippen LogP contribution < -0.4 is 19.1 Å². The summed E-state index contributed by atoms with van der Waals surface area (Å²) in [4.78, 5) is 17.1. The molecular weight excluding hydrogens is 332 g/mol. The zero-order valence-corrected chi connectivity index (χ0v) is 15.4. The molecule has 1 saturated heterocycles. The van der Waals surface area contributed by atoms with Crippen LogP contribution in [0.25, 0.3) is 0 Å². The number of anilines is 1. The van der Waals surface area contributed by atoms with Crippen molar-refractivity contribution in [2.45, 2.75) is 0 Å². The number of carbonyl (C=O) groups is 1. The van der Waals surface area contributed by atoms with Crippen molar-refractivity contribution in [1.29, 1.82) is 0 Å². The van der Waals surface area contributed by atoms with Crippen LogP contribution in [0, 0.1) is 0 Å². The Labute approximate surface area is 153 Å². The van der Waals surface area contributed by atoms with Crippen molar-refractivity contribution in [2.75, 3.05) is 52.4 Å². The Balaban J connectivity index is 1.73. The van der Waals surface area contributed by atoms with Gasteiger partial charge in [0, 0.05) is 26.2 Å². The topological polar surface area (TPSA) is 51.2 Å². The number of ether oxygens (including phenoxy) is 3. The number of piperazine rings is 1. The van der Waals surface area contributed by atoms with Gasteiger partial charge in [0.25, 0.3) is 5.91 Å². The Morgan fingerprint density at radius 3 is 2.12 bits per heavy atom. The first-order valence-electron chi connectivity index (χ1n) is 8.57. The minimum absolute atomic E-state index is 0.0413. The fourth-order valence-corrected chi connectivity index (χ4v) is 3.27. The second-order valence-electron chi connectivity index (χ2n) is 5.99. The van der Waals surface area contributed by atoms with E-state index in [4.69, 9.17) is 14.2 Å². The summed E-state index contributed by atoms with van der Waals surface area (Å²) in [6.45, 7) is 2.77. The van der Waals surface area contributed by atoms with Gasteiger partial charge in [0.15, 0.2) is 11.5 Å². The van der Waals surface area contributed by atoms with Gasteiger partial charge < -0.3 is 24.0 Å². The number of hydrogen-bond acceptors (Lipinski definition) is 5. The molecule has 1 aliphatic rings. The first-order chi connectivity index (χ1) is 12.7. The van der Waals surface area contributed by atoms with Crippen LogP contribution in [0.4, 0.5) is 5.69 Å². The van der Waals surface area contributed by atoms with Crippen molar-refractivity contribution in [2.24, 2.45) is 0 Å². The lowest BCUT2D eigenvalue weighted by atomic mass is 10.1. The molecule has 138 valence electrons. The van der Waals surface area contributed by atoms with Crippen molar-refractivity contribution in [3.8, 4) is 17.2 Å². The number of amides is 1. The zero-order chi connectivity index (χ0) is 18.5. The van der Waals surface area contributed by atoms with E-state index in [1.54, 1.807) is 39.5 Å². The van der Waals surface area contributed by atoms with Crippen molar-refractivity contribution < 1.29 is 19.0 Å². The number of methoxy groups -OCH3 is 3. The lowest BCUT2D eigenvalue weighted by molar-refractivity contribution is 0.0742. The number of carbonyl (C=O) groups excluding carboxylic acids is 1. The summed E-state index contributed by atoms with van der Waals surface area (Å²) in [5.74, 6) is 1.85. The molecule has 2 aromatic carbocycles. The molecule has 2 aromatic rings. The Hall–Kier alpha value is -2.89. The Bertz CT molecular complexity index is 770. The first-order valence-corrected chi connectivity index (χ1v) is 8.57. The Morgan fingerprint density at radius 1 is 0.808 bits per heavy atom. The van der Waals surface area contributed by atoms with Crippen LogP contribution in [-0.4, -0.2) is 58.3 Å². The van der Waals surface area contributed by atoms with Gasteiger partial charge in [0.1, 0.15) is 5.75 Å². The lowest BCUT2D eigenvalue weighted by Gasteiger charge is -2.36. The summed E-state index contributed by atoms with van der Waals surface area (Å²) in [7, 11) is 4.79. The van der Waals surface area contributed by atoms with Crippen LogP contribution >= 0.6 is 0 Å². The SMILES string of the molecule is COc1ccccc1N1CCN(C(=O)c2cccc(OC)c2OC)CC1. The summed E-state index contributed by atoms with van der Waals surface area (Å²) in [5.41, 5.74) is 1.58. The molecule has 0 aromatic heterocycles. The largest absolute Gasteiger partial charge is 0.495 e. The van der Waals surface area contributed by atoms with Crippen molar-refractivity contribution in [3.63, 3.8) is 0 Å². The monoisotopic (exact) mass is 356 g/mol. The van der Waals surface area contributed by atoms with E-state index in [1.165, 1.54) is 0 Å². The molecule has 1 heterocycles. The molecule has 0 N–H and O–H groups in total. The van der Waals surface area contributed by atoms with Gasteiger partial charge in [0.05, 0.1) is 32.6 Å². The minimum Gasteiger partial charge on any atom is -0.495 e. The van der Waals surface area contributed by atoms with E-state index in [-0.39, 0.29) is 5.91 Å². The third kappa shape index (κ3) is 3.40. The molecule has 1 amide bonds. The highest BCUT2D eigenvalue weighted by molar-refractivity contribution is 5.98. The highest BCUT2D eigenvalue weighted by atomic mass is 16.5. The Kier molecular flexibility index (Phi) is 5.51. The van der Waals surface area contributed by atoms with Crippen molar-refractivity contribution >= 4 is 11.6 Å². The maximum absolute atomic E-state index is 13.0. The number of hydrogen-bond donors (Lipinski definition) is 0. The normalized spacial score (nSPS) is 14.1. The predicted molar refractivity (Wildman–Crippen MR) is 101 cm³/mol. The number of nitrogens with zero attached hydrogens (tertiary/aromatic N) is 2. The quantitative estimate of drug-likeness (QED) is 0.824. The van der Waals surface area contributed by atoms with E-state index in [0.29, 0.717) is 30.2 Å². The number of para-hydroxylation sites is 3. The summed E-state index contributed by atoms with van der Waals surface area (Å²) < 4.78 is 16.1. The molecule has 26 heavy (non-hydrogen) atoms. The third-order valence-electron chi connectivity index (χ3n) is 4.63. The van der Waals surface area contributed by atoms with Crippen LogP contribution in [0.1, 0.15) is 10.4 Å². The van der Waals surface area contributed by atoms with Crippen LogP contribution in [0.5, 0.6) is 17.2 Å². The highest BCUT2D eigenvalue weighted by Crippen LogP contribution is 2.32. The fourth-order valence-electron chi connectivity index (χ4n) is 3.27. The lowest BCUT2D eigenvalue weighted by Crippen LogP contribution is -2.49. The number of benzene rings is 2. The summed E-state index contributed by atoms with van der Waals surface area (Å²) in [6, 6.07) is 13.3. The van der Waals surface area contributed by atoms with E-state index in [0.717, 1.165) is 24.5 Å². The van der Waals surface area contributed by atoms with Gasteiger partial charge in [-0.3, -0.25) is 4.79 Å². The molecule has 1 aliphatic heterocycles. The van der Waals surface area contributed by atoms with Gasteiger partial charge in [-0.15, -0.1) is 0 Å². The molecule has 0 spiro atoms. The fraction of sp³-hybridized carbons (Fsp3) is 0.350. The second-order valence-corrected chi connectivity index (χ2v) is 5.99. The average Bonchev–Trinajstić information content (AvgIpc) is 2.72. The maximum atomic E-state index is 13.0. The van der Waals surface area contributed by atoms with Crippen molar-refractivity contribution in [1.82, 2.24) is 4.90 Å². The smallest absolute Gasteiger partial charge is 0.257 e. The van der Waals surface area contributed by atoms with E-state index in [1.807, 2.05) is 29.2 Å². The molecular formula is C20H24N2O4. The van der Waals surface area contributed by atoms with Gasteiger partial charge in [-0.1, -0.05) is 18.2 Å². The molecule has 6 heteroatoms. The van der Waals surface area contributed by atoms with E-state index >= 15 is 0 Å². The second kappa shape index (κ2) is 7.99. The van der Waals surface area contributed by atoms with Crippen LogP contribution in [0.3, 0.4) is 0 Å². The van der Waals surface area contributed by atoms with Gasteiger partial charge in [-0.25, -0.2) is 0 Å². The Morgan fingerprint density at radius 2 is 1.46 bits per heavy atom. The molecule has 0 aliphatic carbocycles. The third-order valence-corrected chi connectivity index (χ3v) is 4.63. The van der Waals surface area contributed by atoms with E-state index in [2.05, 4.69) is 4.90 Å². The van der Waals surface area contributed by atoms with Crippen molar-refractivity contribution in [3.05, 3.63) is 48.0 Å².